The Bertz CT molecular complexity index is 762. The number of benzene rings is 2. The Hall–Kier alpha value is -1.98. The maximum atomic E-state index is 12.2. The average molecular weight is 318 g/mol. The molecule has 0 atom stereocenters. The van der Waals surface area contributed by atoms with Gasteiger partial charge in [0.05, 0.1) is 12.4 Å². The molecule has 0 unspecified atom stereocenters. The van der Waals surface area contributed by atoms with Crippen LogP contribution in [0.2, 0.25) is 0 Å². The SMILES string of the molecule is Cc1ccc(C(=O)CS(=O)(=O)Cc2cccc(CO)c2)cc1. The van der Waals surface area contributed by atoms with E-state index in [0.29, 0.717) is 16.7 Å². The van der Waals surface area contributed by atoms with Gasteiger partial charge in [-0.1, -0.05) is 54.1 Å². The Morgan fingerprint density at radius 3 is 2.32 bits per heavy atom. The lowest BCUT2D eigenvalue weighted by molar-refractivity contribution is 0.102. The minimum Gasteiger partial charge on any atom is -0.392 e. The number of hydrogen-bond acceptors (Lipinski definition) is 4. The summed E-state index contributed by atoms with van der Waals surface area (Å²) >= 11 is 0. The summed E-state index contributed by atoms with van der Waals surface area (Å²) in [6, 6.07) is 13.6. The van der Waals surface area contributed by atoms with E-state index >= 15 is 0 Å². The maximum Gasteiger partial charge on any atom is 0.177 e. The van der Waals surface area contributed by atoms with Gasteiger partial charge in [-0.2, -0.15) is 0 Å². The Morgan fingerprint density at radius 1 is 1.05 bits per heavy atom. The van der Waals surface area contributed by atoms with Gasteiger partial charge in [0.1, 0.15) is 5.75 Å². The highest BCUT2D eigenvalue weighted by molar-refractivity contribution is 7.91. The normalized spacial score (nSPS) is 11.4. The molecule has 0 radical (unpaired) electrons. The predicted molar refractivity (Wildman–Crippen MR) is 85.4 cm³/mol. The molecule has 0 heterocycles. The third kappa shape index (κ3) is 4.51. The zero-order valence-electron chi connectivity index (χ0n) is 12.3. The molecule has 0 aliphatic rings. The quantitative estimate of drug-likeness (QED) is 0.830. The van der Waals surface area contributed by atoms with E-state index in [2.05, 4.69) is 0 Å². The zero-order valence-corrected chi connectivity index (χ0v) is 13.1. The van der Waals surface area contributed by atoms with Gasteiger partial charge >= 0.3 is 0 Å². The summed E-state index contributed by atoms with van der Waals surface area (Å²) in [5.74, 6) is -1.13. The van der Waals surface area contributed by atoms with Crippen LogP contribution in [0.1, 0.15) is 27.0 Å². The highest BCUT2D eigenvalue weighted by Gasteiger charge is 2.18. The second-order valence-corrected chi connectivity index (χ2v) is 7.36. The summed E-state index contributed by atoms with van der Waals surface area (Å²) in [6.07, 6.45) is 0. The van der Waals surface area contributed by atoms with Crippen molar-refractivity contribution in [2.24, 2.45) is 0 Å². The van der Waals surface area contributed by atoms with Crippen molar-refractivity contribution in [3.05, 3.63) is 70.8 Å². The van der Waals surface area contributed by atoms with Crippen LogP contribution >= 0.6 is 0 Å². The Balaban J connectivity index is 2.10. The van der Waals surface area contributed by atoms with Crippen LogP contribution in [-0.2, 0) is 22.2 Å². The van der Waals surface area contributed by atoms with Crippen LogP contribution in [0.15, 0.2) is 48.5 Å². The van der Waals surface area contributed by atoms with Crippen molar-refractivity contribution in [1.82, 2.24) is 0 Å². The van der Waals surface area contributed by atoms with Crippen molar-refractivity contribution in [2.75, 3.05) is 5.75 Å². The Labute approximate surface area is 130 Å². The number of rotatable bonds is 6. The fourth-order valence-corrected chi connectivity index (χ4v) is 3.50. The number of ketones is 1. The van der Waals surface area contributed by atoms with Gasteiger partial charge in [-0.05, 0) is 18.1 Å². The minimum atomic E-state index is -3.55. The topological polar surface area (TPSA) is 71.4 Å². The van der Waals surface area contributed by atoms with Crippen LogP contribution in [0, 0.1) is 6.92 Å². The average Bonchev–Trinajstić information content (AvgIpc) is 2.47. The molecule has 0 bridgehead atoms. The van der Waals surface area contributed by atoms with Gasteiger partial charge in [0.15, 0.2) is 15.6 Å². The number of carbonyl (C=O) groups is 1. The summed E-state index contributed by atoms with van der Waals surface area (Å²) in [4.78, 5) is 12.1. The first kappa shape index (κ1) is 16.4. The van der Waals surface area contributed by atoms with Crippen LogP contribution in [0.5, 0.6) is 0 Å². The smallest absolute Gasteiger partial charge is 0.177 e. The summed E-state index contributed by atoms with van der Waals surface area (Å²) < 4.78 is 24.3. The minimum absolute atomic E-state index is 0.143. The molecule has 5 heteroatoms. The Kier molecular flexibility index (Phi) is 5.11. The highest BCUT2D eigenvalue weighted by atomic mass is 32.2. The largest absolute Gasteiger partial charge is 0.392 e. The number of hydrogen-bond donors (Lipinski definition) is 1. The van der Waals surface area contributed by atoms with E-state index in [1.54, 1.807) is 48.5 Å². The van der Waals surface area contributed by atoms with Gasteiger partial charge in [-0.25, -0.2) is 8.42 Å². The third-order valence-electron chi connectivity index (χ3n) is 3.29. The molecule has 2 aromatic rings. The molecule has 0 spiro atoms. The van der Waals surface area contributed by atoms with Crippen LogP contribution in [0.25, 0.3) is 0 Å². The van der Waals surface area contributed by atoms with Crippen LogP contribution < -0.4 is 0 Å². The van der Waals surface area contributed by atoms with Crippen molar-refractivity contribution in [2.45, 2.75) is 19.3 Å². The first-order chi connectivity index (χ1) is 10.4. The molecular weight excluding hydrogens is 300 g/mol. The van der Waals surface area contributed by atoms with Gasteiger partial charge in [-0.3, -0.25) is 4.79 Å². The number of carbonyl (C=O) groups excluding carboxylic acids is 1. The molecular formula is C17H18O4S. The van der Waals surface area contributed by atoms with Crippen LogP contribution in [0.3, 0.4) is 0 Å². The first-order valence-corrected chi connectivity index (χ1v) is 8.71. The van der Waals surface area contributed by atoms with E-state index in [-0.39, 0.29) is 12.4 Å². The first-order valence-electron chi connectivity index (χ1n) is 6.88. The molecule has 1 N–H and O–H groups in total. The van der Waals surface area contributed by atoms with Gasteiger partial charge in [0.2, 0.25) is 0 Å². The van der Waals surface area contributed by atoms with E-state index < -0.39 is 21.4 Å². The molecule has 116 valence electrons. The van der Waals surface area contributed by atoms with Crippen LogP contribution in [0.4, 0.5) is 0 Å². The lowest BCUT2D eigenvalue weighted by atomic mass is 10.1. The lowest BCUT2D eigenvalue weighted by Crippen LogP contribution is -2.18. The van der Waals surface area contributed by atoms with Crippen molar-refractivity contribution in [3.8, 4) is 0 Å². The molecule has 2 aromatic carbocycles. The fourth-order valence-electron chi connectivity index (χ4n) is 2.15. The summed E-state index contributed by atoms with van der Waals surface area (Å²) in [5, 5.41) is 9.07. The molecule has 4 nitrogen and oxygen atoms in total. The molecule has 22 heavy (non-hydrogen) atoms. The van der Waals surface area contributed by atoms with Crippen molar-refractivity contribution >= 4 is 15.6 Å². The molecule has 0 aromatic heterocycles. The molecule has 0 saturated carbocycles. The molecule has 0 aliphatic carbocycles. The number of aliphatic hydroxyl groups is 1. The third-order valence-corrected chi connectivity index (χ3v) is 4.76. The van der Waals surface area contributed by atoms with Gasteiger partial charge in [0.25, 0.3) is 0 Å². The summed E-state index contributed by atoms with van der Waals surface area (Å²) in [7, 11) is -3.55. The van der Waals surface area contributed by atoms with Crippen molar-refractivity contribution < 1.29 is 18.3 Å². The maximum absolute atomic E-state index is 12.2. The monoisotopic (exact) mass is 318 g/mol. The highest BCUT2D eigenvalue weighted by Crippen LogP contribution is 2.12. The van der Waals surface area contributed by atoms with E-state index in [1.807, 2.05) is 6.92 Å². The number of Topliss-reactive ketones (excluding diaryl/α,β-unsaturated/α-hetero) is 1. The van der Waals surface area contributed by atoms with Crippen LogP contribution in [-0.4, -0.2) is 25.1 Å². The standard InChI is InChI=1S/C17H18O4S/c1-13-5-7-16(8-6-13)17(19)12-22(20,21)11-15-4-2-3-14(9-15)10-18/h2-9,18H,10-12H2,1H3. The van der Waals surface area contributed by atoms with E-state index in [9.17, 15) is 13.2 Å². The summed E-state index contributed by atoms with van der Waals surface area (Å²) in [6.45, 7) is 1.76. The van der Waals surface area contributed by atoms with E-state index in [1.165, 1.54) is 0 Å². The second kappa shape index (κ2) is 6.85. The number of aliphatic hydroxyl groups excluding tert-OH is 1. The molecule has 0 fully saturated rings. The van der Waals surface area contributed by atoms with Gasteiger partial charge in [0, 0.05) is 5.56 Å². The van der Waals surface area contributed by atoms with Gasteiger partial charge in [-0.15, -0.1) is 0 Å². The van der Waals surface area contributed by atoms with Crippen molar-refractivity contribution in [3.63, 3.8) is 0 Å². The molecule has 0 saturated heterocycles. The lowest BCUT2D eigenvalue weighted by Gasteiger charge is -2.06. The number of aryl methyl sites for hydroxylation is 1. The molecule has 0 amide bonds. The summed E-state index contributed by atoms with van der Waals surface area (Å²) in [5.41, 5.74) is 2.64. The Morgan fingerprint density at radius 2 is 1.68 bits per heavy atom. The van der Waals surface area contributed by atoms with Gasteiger partial charge < -0.3 is 5.11 Å². The zero-order chi connectivity index (χ0) is 16.2. The second-order valence-electron chi connectivity index (χ2n) is 5.30. The fraction of sp³-hybridized carbons (Fsp3) is 0.235. The molecule has 0 aliphatic heterocycles. The number of sulfone groups is 1. The molecule has 2 rings (SSSR count). The van der Waals surface area contributed by atoms with E-state index in [0.717, 1.165) is 5.56 Å². The predicted octanol–water partition coefficient (Wildman–Crippen LogP) is 2.29. The van der Waals surface area contributed by atoms with Crippen molar-refractivity contribution in [1.29, 1.82) is 0 Å². The van der Waals surface area contributed by atoms with E-state index in [4.69, 9.17) is 5.11 Å².